The number of benzene rings is 2. The molecule has 1 atom stereocenters. The van der Waals surface area contributed by atoms with E-state index in [2.05, 4.69) is 10.6 Å². The van der Waals surface area contributed by atoms with E-state index in [1.807, 2.05) is 19.9 Å². The molecule has 3 rings (SSSR count). The van der Waals surface area contributed by atoms with Gasteiger partial charge >= 0.3 is 12.0 Å². The predicted molar refractivity (Wildman–Crippen MR) is 116 cm³/mol. The molecular weight excluding hydrogens is 427 g/mol. The largest absolute Gasteiger partial charge is 0.489 e. The molecule has 1 heterocycles. The summed E-state index contributed by atoms with van der Waals surface area (Å²) in [5.41, 5.74) is 2.26. The normalized spacial score (nSPS) is 16.2. The van der Waals surface area contributed by atoms with Crippen LogP contribution in [-0.4, -0.2) is 19.1 Å². The van der Waals surface area contributed by atoms with Crippen molar-refractivity contribution in [2.75, 3.05) is 7.11 Å². The van der Waals surface area contributed by atoms with Crippen LogP contribution >= 0.6 is 23.2 Å². The minimum absolute atomic E-state index is 0.0746. The van der Waals surface area contributed by atoms with E-state index in [1.54, 1.807) is 36.4 Å². The van der Waals surface area contributed by atoms with Crippen LogP contribution in [0.5, 0.6) is 5.75 Å². The van der Waals surface area contributed by atoms with Gasteiger partial charge in [-0.2, -0.15) is 0 Å². The molecule has 1 unspecified atom stereocenters. The third-order valence-electron chi connectivity index (χ3n) is 4.72. The number of hydrogen-bond donors (Lipinski definition) is 2. The van der Waals surface area contributed by atoms with Crippen molar-refractivity contribution in [3.05, 3.63) is 74.9 Å². The van der Waals surface area contributed by atoms with Gasteiger partial charge in [0.05, 0.1) is 18.7 Å². The Morgan fingerprint density at radius 2 is 1.80 bits per heavy atom. The number of esters is 1. The van der Waals surface area contributed by atoms with Crippen molar-refractivity contribution >= 4 is 35.2 Å². The summed E-state index contributed by atoms with van der Waals surface area (Å²) in [6.45, 7) is 3.97. The second kappa shape index (κ2) is 9.41. The van der Waals surface area contributed by atoms with Crippen LogP contribution < -0.4 is 15.4 Å². The zero-order chi connectivity index (χ0) is 21.8. The first kappa shape index (κ1) is 22.0. The molecule has 158 valence electrons. The summed E-state index contributed by atoms with van der Waals surface area (Å²) in [5, 5.41) is 6.55. The molecule has 0 spiro atoms. The molecule has 0 saturated heterocycles. The van der Waals surface area contributed by atoms with Crippen LogP contribution in [0.1, 0.15) is 31.0 Å². The quantitative estimate of drug-likeness (QED) is 0.608. The number of hydrogen-bond acceptors (Lipinski definition) is 4. The molecule has 0 aromatic heterocycles. The number of ether oxygens (including phenoxy) is 2. The van der Waals surface area contributed by atoms with Crippen molar-refractivity contribution in [1.29, 1.82) is 0 Å². The van der Waals surface area contributed by atoms with Crippen molar-refractivity contribution in [1.82, 2.24) is 10.6 Å². The highest BCUT2D eigenvalue weighted by Crippen LogP contribution is 2.32. The molecule has 2 amide bonds. The molecule has 2 aromatic carbocycles. The van der Waals surface area contributed by atoms with Gasteiger partial charge in [-0.1, -0.05) is 55.2 Å². The SMILES string of the molecule is COC(=O)C1=C(C(C)C)NC(=O)NC1c1cccc(OCc2c(Cl)cccc2Cl)c1. The zero-order valence-electron chi connectivity index (χ0n) is 16.8. The van der Waals surface area contributed by atoms with Crippen molar-refractivity contribution in [2.24, 2.45) is 5.92 Å². The standard InChI is InChI=1S/C22H22Cl2N2O4/c1-12(2)19-18(21(27)29-3)20(26-22(28)25-19)13-6-4-7-14(10-13)30-11-15-16(23)8-5-9-17(15)24/h4-10,12,20H,11H2,1-3H3,(H2,25,26,28). The third-order valence-corrected chi connectivity index (χ3v) is 5.43. The van der Waals surface area contributed by atoms with Crippen molar-refractivity contribution in [3.8, 4) is 5.75 Å². The predicted octanol–water partition coefficient (Wildman–Crippen LogP) is 5.01. The number of amides is 2. The van der Waals surface area contributed by atoms with E-state index >= 15 is 0 Å². The number of urea groups is 1. The molecule has 0 aliphatic carbocycles. The summed E-state index contributed by atoms with van der Waals surface area (Å²) < 4.78 is 10.8. The molecule has 6 nitrogen and oxygen atoms in total. The maximum atomic E-state index is 12.5. The number of halogens is 2. The summed E-state index contributed by atoms with van der Waals surface area (Å²) in [6.07, 6.45) is 0. The fraction of sp³-hybridized carbons (Fsp3) is 0.273. The summed E-state index contributed by atoms with van der Waals surface area (Å²) in [6, 6.07) is 11.3. The summed E-state index contributed by atoms with van der Waals surface area (Å²) >= 11 is 12.4. The Kier molecular flexibility index (Phi) is 6.90. The third kappa shape index (κ3) is 4.71. The van der Waals surface area contributed by atoms with Gasteiger partial charge in [-0.25, -0.2) is 9.59 Å². The Morgan fingerprint density at radius 1 is 1.13 bits per heavy atom. The van der Waals surface area contributed by atoms with Gasteiger partial charge in [0.15, 0.2) is 0 Å². The lowest BCUT2D eigenvalue weighted by molar-refractivity contribution is -0.136. The fourth-order valence-electron chi connectivity index (χ4n) is 3.24. The van der Waals surface area contributed by atoms with E-state index in [0.29, 0.717) is 38.2 Å². The lowest BCUT2D eigenvalue weighted by Crippen LogP contribution is -2.47. The lowest BCUT2D eigenvalue weighted by Gasteiger charge is -2.30. The molecule has 2 N–H and O–H groups in total. The van der Waals surface area contributed by atoms with Crippen molar-refractivity contribution in [3.63, 3.8) is 0 Å². The number of carbonyl (C=O) groups is 2. The Balaban J connectivity index is 1.92. The second-order valence-electron chi connectivity index (χ2n) is 7.07. The number of rotatable bonds is 6. The Hall–Kier alpha value is -2.70. The lowest BCUT2D eigenvalue weighted by atomic mass is 9.91. The van der Waals surface area contributed by atoms with Gasteiger partial charge in [-0.05, 0) is 35.7 Å². The topological polar surface area (TPSA) is 76.7 Å². The first-order valence-corrected chi connectivity index (χ1v) is 10.1. The van der Waals surface area contributed by atoms with Crippen LogP contribution in [0.4, 0.5) is 4.79 Å². The van der Waals surface area contributed by atoms with Gasteiger partial charge in [0.25, 0.3) is 0 Å². The monoisotopic (exact) mass is 448 g/mol. The van der Waals surface area contributed by atoms with E-state index in [-0.39, 0.29) is 18.6 Å². The first-order valence-electron chi connectivity index (χ1n) is 9.37. The van der Waals surface area contributed by atoms with Gasteiger partial charge in [0.1, 0.15) is 12.4 Å². The Labute approximate surface area is 185 Å². The van der Waals surface area contributed by atoms with Gasteiger partial charge in [-0.3, -0.25) is 0 Å². The van der Waals surface area contributed by atoms with Crippen LogP contribution in [-0.2, 0) is 16.1 Å². The molecule has 0 saturated carbocycles. The van der Waals surface area contributed by atoms with E-state index in [1.165, 1.54) is 7.11 Å². The molecule has 0 radical (unpaired) electrons. The van der Waals surface area contributed by atoms with E-state index in [4.69, 9.17) is 32.7 Å². The summed E-state index contributed by atoms with van der Waals surface area (Å²) in [5.74, 6) is -0.0357. The van der Waals surface area contributed by atoms with Gasteiger partial charge in [0, 0.05) is 21.3 Å². The minimum atomic E-state index is -0.670. The first-order chi connectivity index (χ1) is 14.3. The Morgan fingerprint density at radius 3 is 2.43 bits per heavy atom. The molecule has 30 heavy (non-hydrogen) atoms. The molecule has 1 aliphatic heterocycles. The van der Waals surface area contributed by atoms with E-state index < -0.39 is 12.0 Å². The van der Waals surface area contributed by atoms with E-state index in [0.717, 1.165) is 0 Å². The number of carbonyl (C=O) groups excluding carboxylic acids is 2. The zero-order valence-corrected chi connectivity index (χ0v) is 18.3. The average molecular weight is 449 g/mol. The number of allylic oxidation sites excluding steroid dienone is 1. The van der Waals surface area contributed by atoms with Crippen LogP contribution in [0.2, 0.25) is 10.0 Å². The number of nitrogens with one attached hydrogen (secondary N) is 2. The molecule has 0 bridgehead atoms. The van der Waals surface area contributed by atoms with Gasteiger partial charge in [0.2, 0.25) is 0 Å². The fourth-order valence-corrected chi connectivity index (χ4v) is 3.74. The smallest absolute Gasteiger partial charge is 0.337 e. The molecule has 8 heteroatoms. The van der Waals surface area contributed by atoms with Crippen LogP contribution in [0.3, 0.4) is 0 Å². The molecular formula is C22H22Cl2N2O4. The van der Waals surface area contributed by atoms with Gasteiger partial charge in [-0.15, -0.1) is 0 Å². The summed E-state index contributed by atoms with van der Waals surface area (Å²) in [7, 11) is 1.31. The average Bonchev–Trinajstić information content (AvgIpc) is 2.72. The molecule has 2 aromatic rings. The maximum absolute atomic E-state index is 12.5. The number of methoxy groups -OCH3 is 1. The maximum Gasteiger partial charge on any atom is 0.337 e. The van der Waals surface area contributed by atoms with Crippen LogP contribution in [0, 0.1) is 5.92 Å². The second-order valence-corrected chi connectivity index (χ2v) is 7.88. The highest BCUT2D eigenvalue weighted by atomic mass is 35.5. The summed E-state index contributed by atoms with van der Waals surface area (Å²) in [4.78, 5) is 24.7. The van der Waals surface area contributed by atoms with Gasteiger partial charge < -0.3 is 20.1 Å². The van der Waals surface area contributed by atoms with Crippen molar-refractivity contribution in [2.45, 2.75) is 26.5 Å². The van der Waals surface area contributed by atoms with Crippen molar-refractivity contribution < 1.29 is 19.1 Å². The molecule has 0 fully saturated rings. The van der Waals surface area contributed by atoms with E-state index in [9.17, 15) is 9.59 Å². The molecule has 1 aliphatic rings. The highest BCUT2D eigenvalue weighted by Gasteiger charge is 2.34. The Bertz CT molecular complexity index is 984. The van der Waals surface area contributed by atoms with Crippen LogP contribution in [0.25, 0.3) is 0 Å². The minimum Gasteiger partial charge on any atom is -0.489 e. The highest BCUT2D eigenvalue weighted by molar-refractivity contribution is 6.35. The van der Waals surface area contributed by atoms with Crippen LogP contribution in [0.15, 0.2) is 53.7 Å².